The van der Waals surface area contributed by atoms with E-state index in [1.54, 1.807) is 0 Å². The molecule has 0 heterocycles. The number of nitrogen functional groups attached to an aromatic ring is 1. The molecule has 0 aliphatic carbocycles. The van der Waals surface area contributed by atoms with Crippen LogP contribution in [0, 0.1) is 6.92 Å². The van der Waals surface area contributed by atoms with Crippen LogP contribution in [0.4, 0.5) is 5.69 Å². The summed E-state index contributed by atoms with van der Waals surface area (Å²) in [5, 5.41) is 0. The number of benzene rings is 1. The molecule has 0 saturated heterocycles. The van der Waals surface area contributed by atoms with Gasteiger partial charge in [0.15, 0.2) is 0 Å². The number of nitrogens with zero attached hydrogens (tertiary/aromatic N) is 1. The van der Waals surface area contributed by atoms with E-state index in [0.29, 0.717) is 5.69 Å². The first kappa shape index (κ1) is 17.5. The van der Waals surface area contributed by atoms with Gasteiger partial charge in [-0.1, -0.05) is 45.6 Å². The lowest BCUT2D eigenvalue weighted by atomic mass is 10.1. The topological polar surface area (TPSA) is 46.3 Å². The average Bonchev–Trinajstić information content (AvgIpc) is 2.48. The first-order valence-electron chi connectivity index (χ1n) is 8.25. The Morgan fingerprint density at radius 3 is 2.14 bits per heavy atom. The summed E-state index contributed by atoms with van der Waals surface area (Å²) in [7, 11) is 0. The molecule has 1 rings (SSSR count). The zero-order chi connectivity index (χ0) is 15.7. The molecule has 0 atom stereocenters. The van der Waals surface area contributed by atoms with Crippen molar-refractivity contribution < 1.29 is 4.79 Å². The minimum absolute atomic E-state index is 0.131. The largest absolute Gasteiger partial charge is 0.399 e. The fraction of sp³-hybridized carbons (Fsp3) is 0.611. The Morgan fingerprint density at radius 1 is 1.05 bits per heavy atom. The number of anilines is 1. The molecular weight excluding hydrogens is 260 g/mol. The second-order valence-corrected chi connectivity index (χ2v) is 5.78. The number of carbonyl (C=O) groups excluding carboxylic acids is 1. The zero-order valence-electron chi connectivity index (χ0n) is 13.8. The average molecular weight is 290 g/mol. The molecule has 0 aromatic heterocycles. The Bertz CT molecular complexity index is 433. The van der Waals surface area contributed by atoms with Gasteiger partial charge in [0.25, 0.3) is 5.91 Å². The lowest BCUT2D eigenvalue weighted by molar-refractivity contribution is 0.0749. The first-order valence-corrected chi connectivity index (χ1v) is 8.25. The maximum atomic E-state index is 12.8. The van der Waals surface area contributed by atoms with E-state index < -0.39 is 0 Å². The zero-order valence-corrected chi connectivity index (χ0v) is 13.8. The third-order valence-electron chi connectivity index (χ3n) is 3.84. The Balaban J connectivity index is 2.79. The van der Waals surface area contributed by atoms with Crippen molar-refractivity contribution in [1.82, 2.24) is 4.90 Å². The molecule has 0 aliphatic rings. The van der Waals surface area contributed by atoms with E-state index in [9.17, 15) is 4.79 Å². The van der Waals surface area contributed by atoms with E-state index in [1.807, 2.05) is 30.0 Å². The second-order valence-electron chi connectivity index (χ2n) is 5.78. The Labute approximate surface area is 129 Å². The van der Waals surface area contributed by atoms with Crippen LogP contribution >= 0.6 is 0 Å². The minimum Gasteiger partial charge on any atom is -0.399 e. The summed E-state index contributed by atoms with van der Waals surface area (Å²) in [6, 6.07) is 5.59. The molecule has 2 N–H and O–H groups in total. The van der Waals surface area contributed by atoms with Gasteiger partial charge < -0.3 is 10.6 Å². The van der Waals surface area contributed by atoms with Crippen molar-refractivity contribution in [3.8, 4) is 0 Å². The predicted octanol–water partition coefficient (Wildman–Crippen LogP) is 4.40. The molecule has 1 amide bonds. The molecule has 0 fully saturated rings. The number of hydrogen-bond donors (Lipinski definition) is 1. The molecule has 0 unspecified atom stereocenters. The molecule has 3 heteroatoms. The standard InChI is InChI=1S/C18H30N2O/c1-4-6-8-12-20(13-9-7-5-2)18(21)17-14-16(19)11-10-15(17)3/h10-11,14H,4-9,12-13,19H2,1-3H3. The van der Waals surface area contributed by atoms with E-state index in [2.05, 4.69) is 13.8 Å². The highest BCUT2D eigenvalue weighted by Crippen LogP contribution is 2.16. The van der Waals surface area contributed by atoms with Gasteiger partial charge >= 0.3 is 0 Å². The summed E-state index contributed by atoms with van der Waals surface area (Å²) in [4.78, 5) is 14.8. The SMILES string of the molecule is CCCCCN(CCCCC)C(=O)c1cc(N)ccc1C. The molecule has 0 spiro atoms. The van der Waals surface area contributed by atoms with Gasteiger partial charge in [0.1, 0.15) is 0 Å². The van der Waals surface area contributed by atoms with Crippen LogP contribution in [0.15, 0.2) is 18.2 Å². The van der Waals surface area contributed by atoms with Crippen LogP contribution in [0.2, 0.25) is 0 Å². The highest BCUT2D eigenvalue weighted by atomic mass is 16.2. The highest BCUT2D eigenvalue weighted by Gasteiger charge is 2.17. The second kappa shape index (κ2) is 9.43. The number of carbonyl (C=O) groups is 1. The monoisotopic (exact) mass is 290 g/mol. The first-order chi connectivity index (χ1) is 10.1. The van der Waals surface area contributed by atoms with Crippen molar-refractivity contribution in [2.24, 2.45) is 0 Å². The minimum atomic E-state index is 0.131. The van der Waals surface area contributed by atoms with Gasteiger partial charge in [0.2, 0.25) is 0 Å². The van der Waals surface area contributed by atoms with Crippen LogP contribution < -0.4 is 5.73 Å². The third kappa shape index (κ3) is 5.78. The van der Waals surface area contributed by atoms with Crippen molar-refractivity contribution in [2.75, 3.05) is 18.8 Å². The molecule has 3 nitrogen and oxygen atoms in total. The normalized spacial score (nSPS) is 10.6. The summed E-state index contributed by atoms with van der Waals surface area (Å²) in [5.41, 5.74) is 8.25. The quantitative estimate of drug-likeness (QED) is 0.541. The van der Waals surface area contributed by atoms with Crippen molar-refractivity contribution in [3.05, 3.63) is 29.3 Å². The highest BCUT2D eigenvalue weighted by molar-refractivity contribution is 5.96. The van der Waals surface area contributed by atoms with Gasteiger partial charge in [-0.25, -0.2) is 0 Å². The summed E-state index contributed by atoms with van der Waals surface area (Å²) in [6.07, 6.45) is 6.86. The van der Waals surface area contributed by atoms with Crippen LogP contribution in [0.25, 0.3) is 0 Å². The van der Waals surface area contributed by atoms with Crippen molar-refractivity contribution in [3.63, 3.8) is 0 Å². The number of amides is 1. The molecule has 0 radical (unpaired) electrons. The number of hydrogen-bond acceptors (Lipinski definition) is 2. The van der Waals surface area contributed by atoms with E-state index >= 15 is 0 Å². The van der Waals surface area contributed by atoms with Crippen LogP contribution in [0.1, 0.15) is 68.3 Å². The summed E-state index contributed by atoms with van der Waals surface area (Å²) < 4.78 is 0. The van der Waals surface area contributed by atoms with E-state index in [4.69, 9.17) is 5.73 Å². The van der Waals surface area contributed by atoms with Crippen LogP contribution in [0.3, 0.4) is 0 Å². The maximum Gasteiger partial charge on any atom is 0.254 e. The smallest absolute Gasteiger partial charge is 0.254 e. The number of unbranched alkanes of at least 4 members (excludes halogenated alkanes) is 4. The Morgan fingerprint density at radius 2 is 1.62 bits per heavy atom. The van der Waals surface area contributed by atoms with E-state index in [1.165, 1.54) is 25.7 Å². The summed E-state index contributed by atoms with van der Waals surface area (Å²) in [5.74, 6) is 0.131. The fourth-order valence-electron chi connectivity index (χ4n) is 2.46. The molecule has 21 heavy (non-hydrogen) atoms. The van der Waals surface area contributed by atoms with Crippen LogP contribution in [0.5, 0.6) is 0 Å². The van der Waals surface area contributed by atoms with E-state index in [0.717, 1.165) is 37.1 Å². The fourth-order valence-corrected chi connectivity index (χ4v) is 2.46. The van der Waals surface area contributed by atoms with Crippen LogP contribution in [-0.4, -0.2) is 23.9 Å². The van der Waals surface area contributed by atoms with Gasteiger partial charge in [0, 0.05) is 24.3 Å². The molecule has 1 aromatic carbocycles. The molecule has 0 saturated carbocycles. The number of aryl methyl sites for hydroxylation is 1. The van der Waals surface area contributed by atoms with Gasteiger partial charge in [-0.15, -0.1) is 0 Å². The lowest BCUT2D eigenvalue weighted by Gasteiger charge is -2.24. The van der Waals surface area contributed by atoms with Gasteiger partial charge in [-0.05, 0) is 37.5 Å². The van der Waals surface area contributed by atoms with E-state index in [-0.39, 0.29) is 5.91 Å². The van der Waals surface area contributed by atoms with Gasteiger partial charge in [-0.3, -0.25) is 4.79 Å². The molecule has 0 bridgehead atoms. The van der Waals surface area contributed by atoms with Gasteiger partial charge in [-0.2, -0.15) is 0 Å². The molecule has 118 valence electrons. The van der Waals surface area contributed by atoms with Crippen molar-refractivity contribution >= 4 is 11.6 Å². The third-order valence-corrected chi connectivity index (χ3v) is 3.84. The van der Waals surface area contributed by atoms with Crippen molar-refractivity contribution in [2.45, 2.75) is 59.3 Å². The summed E-state index contributed by atoms with van der Waals surface area (Å²) >= 11 is 0. The maximum absolute atomic E-state index is 12.8. The molecular formula is C18H30N2O. The van der Waals surface area contributed by atoms with Gasteiger partial charge in [0.05, 0.1) is 0 Å². The predicted molar refractivity (Wildman–Crippen MR) is 90.5 cm³/mol. The molecule has 1 aromatic rings. The molecule has 0 aliphatic heterocycles. The van der Waals surface area contributed by atoms with Crippen LogP contribution in [-0.2, 0) is 0 Å². The van der Waals surface area contributed by atoms with Crippen molar-refractivity contribution in [1.29, 1.82) is 0 Å². The summed E-state index contributed by atoms with van der Waals surface area (Å²) in [6.45, 7) is 8.05. The Hall–Kier alpha value is -1.51. The lowest BCUT2D eigenvalue weighted by Crippen LogP contribution is -2.33. The number of rotatable bonds is 9. The number of nitrogens with two attached hydrogens (primary N) is 1. The Kier molecular flexibility index (Phi) is 7.88.